The monoisotopic (exact) mass is 221 g/mol. The minimum atomic E-state index is 0.381. The molecule has 0 aliphatic heterocycles. The van der Waals surface area contributed by atoms with Crippen LogP contribution in [0.5, 0.6) is 0 Å². The molecular formula is C11H12ClN3. The average Bonchev–Trinajstić information content (AvgIpc) is 2.59. The minimum absolute atomic E-state index is 0.381. The van der Waals surface area contributed by atoms with Crippen molar-refractivity contribution in [1.82, 2.24) is 14.6 Å². The lowest BCUT2D eigenvalue weighted by Crippen LogP contribution is -1.97. The highest BCUT2D eigenvalue weighted by Crippen LogP contribution is 2.21. The van der Waals surface area contributed by atoms with Crippen LogP contribution >= 0.6 is 11.6 Å². The fraction of sp³-hybridized carbons (Fsp3) is 0.273. The van der Waals surface area contributed by atoms with Crippen molar-refractivity contribution < 1.29 is 0 Å². The van der Waals surface area contributed by atoms with E-state index in [1.54, 1.807) is 16.7 Å². The summed E-state index contributed by atoms with van der Waals surface area (Å²) >= 11 is 5.94. The largest absolute Gasteiger partial charge is 0.217 e. The molecule has 78 valence electrons. The van der Waals surface area contributed by atoms with Gasteiger partial charge in [-0.15, -0.1) is 0 Å². The molecule has 2 aromatic heterocycles. The van der Waals surface area contributed by atoms with Gasteiger partial charge in [-0.1, -0.05) is 32.0 Å². The van der Waals surface area contributed by atoms with Crippen LogP contribution in [0.1, 0.15) is 31.0 Å². The molecule has 0 aromatic carbocycles. The highest BCUT2D eigenvalue weighted by atomic mass is 35.5. The van der Waals surface area contributed by atoms with Crippen molar-refractivity contribution >= 4 is 23.3 Å². The van der Waals surface area contributed by atoms with Crippen molar-refractivity contribution in [3.05, 3.63) is 35.3 Å². The molecule has 0 saturated heterocycles. The van der Waals surface area contributed by atoms with E-state index in [0.717, 1.165) is 16.9 Å². The van der Waals surface area contributed by atoms with E-state index in [9.17, 15) is 0 Å². The summed E-state index contributed by atoms with van der Waals surface area (Å²) in [4.78, 5) is 4.28. The molecule has 0 aliphatic rings. The first kappa shape index (κ1) is 10.2. The summed E-state index contributed by atoms with van der Waals surface area (Å²) in [6.45, 7) is 7.94. The quantitative estimate of drug-likeness (QED) is 0.730. The summed E-state index contributed by atoms with van der Waals surface area (Å²) in [6.07, 6.45) is 3.55. The van der Waals surface area contributed by atoms with E-state index >= 15 is 0 Å². The van der Waals surface area contributed by atoms with E-state index in [4.69, 9.17) is 11.6 Å². The molecule has 0 saturated carbocycles. The van der Waals surface area contributed by atoms with Crippen LogP contribution in [0.2, 0.25) is 5.15 Å². The zero-order valence-electron chi connectivity index (χ0n) is 8.74. The van der Waals surface area contributed by atoms with Crippen molar-refractivity contribution in [2.24, 2.45) is 0 Å². The number of hydrogen-bond donors (Lipinski definition) is 0. The van der Waals surface area contributed by atoms with Crippen LogP contribution in [-0.4, -0.2) is 14.6 Å². The minimum Gasteiger partial charge on any atom is -0.217 e. The maximum Gasteiger partial charge on any atom is 0.160 e. The molecule has 2 aromatic rings. The number of halogens is 1. The molecule has 0 fully saturated rings. The molecule has 0 radical (unpaired) electrons. The van der Waals surface area contributed by atoms with Gasteiger partial charge in [0.1, 0.15) is 5.15 Å². The number of hydrogen-bond acceptors (Lipinski definition) is 2. The zero-order valence-corrected chi connectivity index (χ0v) is 9.49. The molecule has 0 N–H and O–H groups in total. The van der Waals surface area contributed by atoms with Gasteiger partial charge in [-0.05, 0) is 12.0 Å². The van der Waals surface area contributed by atoms with Crippen LogP contribution in [0, 0.1) is 0 Å². The predicted molar refractivity (Wildman–Crippen MR) is 62.2 cm³/mol. The molecule has 0 amide bonds. The smallest absolute Gasteiger partial charge is 0.160 e. The van der Waals surface area contributed by atoms with Gasteiger partial charge in [-0.3, -0.25) is 0 Å². The molecule has 0 bridgehead atoms. The Balaban J connectivity index is 2.80. The summed E-state index contributed by atoms with van der Waals surface area (Å²) in [5.41, 5.74) is 2.77. The highest BCUT2D eigenvalue weighted by molar-refractivity contribution is 6.29. The highest BCUT2D eigenvalue weighted by Gasteiger charge is 2.11. The first-order valence-electron chi connectivity index (χ1n) is 4.80. The van der Waals surface area contributed by atoms with Crippen LogP contribution in [-0.2, 0) is 0 Å². The Labute approximate surface area is 93.4 Å². The second-order valence-corrected chi connectivity index (χ2v) is 4.09. The maximum absolute atomic E-state index is 5.94. The molecule has 2 heterocycles. The average molecular weight is 222 g/mol. The van der Waals surface area contributed by atoms with Crippen molar-refractivity contribution in [3.63, 3.8) is 0 Å². The Kier molecular flexibility index (Phi) is 2.49. The van der Waals surface area contributed by atoms with Crippen LogP contribution in [0.15, 0.2) is 18.8 Å². The van der Waals surface area contributed by atoms with Gasteiger partial charge in [0.25, 0.3) is 0 Å². The number of fused-ring (bicyclic) bond motifs is 1. The van der Waals surface area contributed by atoms with E-state index < -0.39 is 0 Å². The van der Waals surface area contributed by atoms with Gasteiger partial charge in [-0.2, -0.15) is 5.10 Å². The Morgan fingerprint density at radius 1 is 1.53 bits per heavy atom. The van der Waals surface area contributed by atoms with Gasteiger partial charge in [0.2, 0.25) is 0 Å². The predicted octanol–water partition coefficient (Wildman–Crippen LogP) is 3.15. The molecule has 0 atom stereocenters. The Hall–Kier alpha value is -1.35. The lowest BCUT2D eigenvalue weighted by molar-refractivity contribution is 0.871. The summed E-state index contributed by atoms with van der Waals surface area (Å²) < 4.78 is 1.76. The van der Waals surface area contributed by atoms with Gasteiger partial charge in [0.15, 0.2) is 5.65 Å². The summed E-state index contributed by atoms with van der Waals surface area (Å²) in [5, 5.41) is 4.75. The van der Waals surface area contributed by atoms with Gasteiger partial charge in [0, 0.05) is 11.6 Å². The Morgan fingerprint density at radius 2 is 2.27 bits per heavy atom. The Bertz CT molecular complexity index is 514. The van der Waals surface area contributed by atoms with E-state index in [2.05, 4.69) is 30.5 Å². The van der Waals surface area contributed by atoms with Crippen molar-refractivity contribution in [2.45, 2.75) is 19.8 Å². The van der Waals surface area contributed by atoms with Crippen LogP contribution in [0.25, 0.3) is 11.7 Å². The van der Waals surface area contributed by atoms with E-state index in [1.165, 1.54) is 0 Å². The summed E-state index contributed by atoms with van der Waals surface area (Å²) in [5.74, 6) is 0.381. The summed E-state index contributed by atoms with van der Waals surface area (Å²) in [6, 6.07) is 1.75. The lowest BCUT2D eigenvalue weighted by Gasteiger charge is -2.03. The third-order valence-electron chi connectivity index (χ3n) is 2.33. The third-order valence-corrected chi connectivity index (χ3v) is 2.52. The van der Waals surface area contributed by atoms with Gasteiger partial charge >= 0.3 is 0 Å². The van der Waals surface area contributed by atoms with Crippen LogP contribution in [0.4, 0.5) is 0 Å². The lowest BCUT2D eigenvalue weighted by atomic mass is 10.1. The topological polar surface area (TPSA) is 30.2 Å². The van der Waals surface area contributed by atoms with Gasteiger partial charge in [0.05, 0.1) is 11.9 Å². The number of rotatable bonds is 2. The first-order chi connectivity index (χ1) is 7.13. The zero-order chi connectivity index (χ0) is 11.0. The fourth-order valence-electron chi connectivity index (χ4n) is 1.52. The third kappa shape index (κ3) is 1.63. The molecule has 0 aliphatic carbocycles. The SMILES string of the molecule is C=Cc1cc(Cl)nc2c(C(C)C)cnn12. The molecule has 4 heteroatoms. The Morgan fingerprint density at radius 3 is 2.87 bits per heavy atom. The molecule has 0 spiro atoms. The molecule has 3 nitrogen and oxygen atoms in total. The van der Waals surface area contributed by atoms with Gasteiger partial charge < -0.3 is 0 Å². The van der Waals surface area contributed by atoms with E-state index in [1.807, 2.05) is 6.20 Å². The first-order valence-corrected chi connectivity index (χ1v) is 5.18. The molecule has 15 heavy (non-hydrogen) atoms. The van der Waals surface area contributed by atoms with Crippen molar-refractivity contribution in [1.29, 1.82) is 0 Å². The summed E-state index contributed by atoms with van der Waals surface area (Å²) in [7, 11) is 0. The van der Waals surface area contributed by atoms with Gasteiger partial charge in [-0.25, -0.2) is 9.50 Å². The standard InChI is InChI=1S/C11H12ClN3/c1-4-8-5-10(12)14-11-9(7(2)3)6-13-15(8)11/h4-7H,1H2,2-3H3. The van der Waals surface area contributed by atoms with Crippen molar-refractivity contribution in [2.75, 3.05) is 0 Å². The molecular weight excluding hydrogens is 210 g/mol. The molecule has 0 unspecified atom stereocenters. The normalized spacial score (nSPS) is 11.2. The number of aromatic nitrogens is 3. The second kappa shape index (κ2) is 3.66. The molecule has 2 rings (SSSR count). The fourth-order valence-corrected chi connectivity index (χ4v) is 1.72. The van der Waals surface area contributed by atoms with E-state index in [-0.39, 0.29) is 0 Å². The van der Waals surface area contributed by atoms with E-state index in [0.29, 0.717) is 11.1 Å². The van der Waals surface area contributed by atoms with Crippen molar-refractivity contribution in [3.8, 4) is 0 Å². The second-order valence-electron chi connectivity index (χ2n) is 3.70. The van der Waals surface area contributed by atoms with Crippen LogP contribution in [0.3, 0.4) is 0 Å². The number of nitrogens with zero attached hydrogens (tertiary/aromatic N) is 3. The maximum atomic E-state index is 5.94. The van der Waals surface area contributed by atoms with Crippen LogP contribution < -0.4 is 0 Å².